The number of aliphatic imine (C=N–C) groups is 1. The van der Waals surface area contributed by atoms with E-state index >= 15 is 0 Å². The van der Waals surface area contributed by atoms with Crippen LogP contribution in [0.25, 0.3) is 0 Å². The minimum absolute atomic E-state index is 0. The molecule has 1 aromatic heterocycles. The third kappa shape index (κ3) is 6.04. The highest BCUT2D eigenvalue weighted by molar-refractivity contribution is 14.0. The highest BCUT2D eigenvalue weighted by Gasteiger charge is 2.21. The number of guanidine groups is 1. The number of carbonyl (C=O) groups is 1. The van der Waals surface area contributed by atoms with Crippen LogP contribution < -0.4 is 10.6 Å². The first-order valence-electron chi connectivity index (χ1n) is 7.04. The number of carbonyl (C=O) groups excluding carboxylic acids is 1. The molecule has 1 aliphatic heterocycles. The lowest BCUT2D eigenvalue weighted by Gasteiger charge is -2.32. The highest BCUT2D eigenvalue weighted by atomic mass is 127. The van der Waals surface area contributed by atoms with Crippen molar-refractivity contribution in [1.29, 1.82) is 0 Å². The van der Waals surface area contributed by atoms with Crippen molar-refractivity contribution in [2.75, 3.05) is 20.1 Å². The Bertz CT molecular complexity index is 515. The third-order valence-electron chi connectivity index (χ3n) is 3.56. The highest BCUT2D eigenvalue weighted by Crippen LogP contribution is 2.19. The van der Waals surface area contributed by atoms with Crippen molar-refractivity contribution in [2.24, 2.45) is 4.99 Å². The van der Waals surface area contributed by atoms with Gasteiger partial charge < -0.3 is 15.5 Å². The Kier molecular flexibility index (Phi) is 8.70. The lowest BCUT2D eigenvalue weighted by molar-refractivity contribution is -0.129. The molecule has 2 rings (SSSR count). The van der Waals surface area contributed by atoms with Gasteiger partial charge in [0.05, 0.1) is 6.54 Å². The number of hydrogen-bond acceptors (Lipinski definition) is 3. The fourth-order valence-corrected chi connectivity index (χ4v) is 3.73. The Morgan fingerprint density at radius 3 is 2.68 bits per heavy atom. The van der Waals surface area contributed by atoms with Crippen LogP contribution >= 0.6 is 51.2 Å². The number of halogens is 2. The maximum absolute atomic E-state index is 11.3. The van der Waals surface area contributed by atoms with Crippen molar-refractivity contribution in [3.8, 4) is 0 Å². The first-order chi connectivity index (χ1) is 10.1. The van der Waals surface area contributed by atoms with Gasteiger partial charge in [-0.3, -0.25) is 9.79 Å². The Labute approximate surface area is 161 Å². The zero-order valence-electron chi connectivity index (χ0n) is 12.8. The van der Waals surface area contributed by atoms with Gasteiger partial charge >= 0.3 is 0 Å². The summed E-state index contributed by atoms with van der Waals surface area (Å²) < 4.78 is 1.11. The second kappa shape index (κ2) is 9.71. The Morgan fingerprint density at radius 1 is 1.50 bits per heavy atom. The SMILES string of the molecule is CN=C(NCc1cc(Br)cs1)NC1CCN(C(C)=O)CC1.I. The lowest BCUT2D eigenvalue weighted by atomic mass is 10.1. The molecule has 5 nitrogen and oxygen atoms in total. The van der Waals surface area contributed by atoms with Gasteiger partial charge in [-0.1, -0.05) is 0 Å². The summed E-state index contributed by atoms with van der Waals surface area (Å²) in [5.41, 5.74) is 0. The molecule has 0 unspecified atom stereocenters. The molecule has 0 atom stereocenters. The van der Waals surface area contributed by atoms with E-state index in [-0.39, 0.29) is 29.9 Å². The second-order valence-electron chi connectivity index (χ2n) is 5.08. The van der Waals surface area contributed by atoms with E-state index in [0.29, 0.717) is 6.04 Å². The van der Waals surface area contributed by atoms with E-state index in [1.165, 1.54) is 4.88 Å². The largest absolute Gasteiger partial charge is 0.354 e. The van der Waals surface area contributed by atoms with Crippen LogP contribution in [0.1, 0.15) is 24.6 Å². The van der Waals surface area contributed by atoms with Crippen molar-refractivity contribution in [3.63, 3.8) is 0 Å². The monoisotopic (exact) mass is 500 g/mol. The molecule has 2 heterocycles. The van der Waals surface area contributed by atoms with E-state index in [1.807, 2.05) is 4.90 Å². The Balaban J connectivity index is 0.00000242. The molecule has 1 amide bonds. The molecule has 124 valence electrons. The summed E-state index contributed by atoms with van der Waals surface area (Å²) in [4.78, 5) is 18.7. The smallest absolute Gasteiger partial charge is 0.219 e. The van der Waals surface area contributed by atoms with Crippen LogP contribution in [0, 0.1) is 0 Å². The zero-order chi connectivity index (χ0) is 15.2. The van der Waals surface area contributed by atoms with E-state index in [0.717, 1.165) is 42.9 Å². The fraction of sp³-hybridized carbons (Fsp3) is 0.571. The van der Waals surface area contributed by atoms with Crippen LogP contribution in [-0.2, 0) is 11.3 Å². The molecule has 22 heavy (non-hydrogen) atoms. The molecule has 2 N–H and O–H groups in total. The molecule has 0 radical (unpaired) electrons. The zero-order valence-corrected chi connectivity index (χ0v) is 17.5. The van der Waals surface area contributed by atoms with Crippen LogP contribution in [0.5, 0.6) is 0 Å². The molecule has 1 saturated heterocycles. The number of amides is 1. The van der Waals surface area contributed by atoms with Crippen LogP contribution in [-0.4, -0.2) is 42.9 Å². The predicted molar refractivity (Wildman–Crippen MR) is 106 cm³/mol. The summed E-state index contributed by atoms with van der Waals surface area (Å²) in [5.74, 6) is 0.986. The summed E-state index contributed by atoms with van der Waals surface area (Å²) in [6.45, 7) is 4.04. The van der Waals surface area contributed by atoms with E-state index < -0.39 is 0 Å². The maximum Gasteiger partial charge on any atom is 0.219 e. The Morgan fingerprint density at radius 2 is 2.18 bits per heavy atom. The fourth-order valence-electron chi connectivity index (χ4n) is 2.34. The van der Waals surface area contributed by atoms with Crippen molar-refractivity contribution in [1.82, 2.24) is 15.5 Å². The molecule has 8 heteroatoms. The van der Waals surface area contributed by atoms with Gasteiger partial charge in [0.25, 0.3) is 0 Å². The van der Waals surface area contributed by atoms with E-state index in [2.05, 4.69) is 43.0 Å². The molecular weight excluding hydrogens is 479 g/mol. The number of piperidine rings is 1. The van der Waals surface area contributed by atoms with Gasteiger partial charge in [0, 0.05) is 47.8 Å². The number of thiophene rings is 1. The van der Waals surface area contributed by atoms with Gasteiger partial charge in [-0.05, 0) is 34.8 Å². The van der Waals surface area contributed by atoms with Crippen molar-refractivity contribution >= 4 is 63.1 Å². The van der Waals surface area contributed by atoms with Crippen LogP contribution in [0.3, 0.4) is 0 Å². The molecule has 0 bridgehead atoms. The van der Waals surface area contributed by atoms with Crippen molar-refractivity contribution in [3.05, 3.63) is 20.8 Å². The first kappa shape index (κ1) is 19.7. The molecule has 1 aliphatic rings. The number of nitrogens with one attached hydrogen (secondary N) is 2. The average Bonchev–Trinajstić information content (AvgIpc) is 2.89. The molecular formula is C14H22BrIN4OS. The molecule has 0 spiro atoms. The normalized spacial score (nSPS) is 16.1. The molecule has 1 aromatic rings. The van der Waals surface area contributed by atoms with Crippen LogP contribution in [0.15, 0.2) is 20.9 Å². The molecule has 0 saturated carbocycles. The standard InChI is InChI=1S/C14H21BrN4OS.HI/c1-10(20)19-5-3-12(4-6-19)18-14(16-2)17-8-13-7-11(15)9-21-13;/h7,9,12H,3-6,8H2,1-2H3,(H2,16,17,18);1H. The maximum atomic E-state index is 11.3. The summed E-state index contributed by atoms with van der Waals surface area (Å²) in [7, 11) is 1.78. The Hall–Kier alpha value is -0.350. The summed E-state index contributed by atoms with van der Waals surface area (Å²) in [6, 6.07) is 2.48. The second-order valence-corrected chi connectivity index (χ2v) is 6.99. The molecule has 0 aromatic carbocycles. The topological polar surface area (TPSA) is 56.7 Å². The average molecular weight is 501 g/mol. The van der Waals surface area contributed by atoms with Gasteiger partial charge in [-0.15, -0.1) is 35.3 Å². The summed E-state index contributed by atoms with van der Waals surface area (Å²) in [5, 5.41) is 8.84. The summed E-state index contributed by atoms with van der Waals surface area (Å²) >= 11 is 5.17. The summed E-state index contributed by atoms with van der Waals surface area (Å²) in [6.07, 6.45) is 1.93. The van der Waals surface area contributed by atoms with E-state index in [4.69, 9.17) is 0 Å². The number of nitrogens with zero attached hydrogens (tertiary/aromatic N) is 2. The van der Waals surface area contributed by atoms with E-state index in [1.54, 1.807) is 25.3 Å². The minimum Gasteiger partial charge on any atom is -0.354 e. The first-order valence-corrected chi connectivity index (χ1v) is 8.71. The van der Waals surface area contributed by atoms with Crippen molar-refractivity contribution < 1.29 is 4.79 Å². The van der Waals surface area contributed by atoms with E-state index in [9.17, 15) is 4.79 Å². The molecule has 0 aliphatic carbocycles. The number of hydrogen-bond donors (Lipinski definition) is 2. The number of rotatable bonds is 3. The predicted octanol–water partition coefficient (Wildman–Crippen LogP) is 2.80. The van der Waals surface area contributed by atoms with Gasteiger partial charge in [-0.2, -0.15) is 0 Å². The number of likely N-dealkylation sites (tertiary alicyclic amines) is 1. The van der Waals surface area contributed by atoms with Gasteiger partial charge in [-0.25, -0.2) is 0 Å². The molecule has 1 fully saturated rings. The van der Waals surface area contributed by atoms with Crippen LogP contribution in [0.2, 0.25) is 0 Å². The minimum atomic E-state index is 0. The third-order valence-corrected chi connectivity index (χ3v) is 5.25. The van der Waals surface area contributed by atoms with Crippen molar-refractivity contribution in [2.45, 2.75) is 32.4 Å². The lowest BCUT2D eigenvalue weighted by Crippen LogP contribution is -2.49. The van der Waals surface area contributed by atoms with Crippen LogP contribution in [0.4, 0.5) is 0 Å². The van der Waals surface area contributed by atoms with Gasteiger partial charge in [0.1, 0.15) is 0 Å². The van der Waals surface area contributed by atoms with Gasteiger partial charge in [0.2, 0.25) is 5.91 Å². The van der Waals surface area contributed by atoms with Gasteiger partial charge in [0.15, 0.2) is 5.96 Å². The quantitative estimate of drug-likeness (QED) is 0.381.